The second-order valence-electron chi connectivity index (χ2n) is 5.55. The highest BCUT2D eigenvalue weighted by molar-refractivity contribution is 7.89. The molecule has 0 heterocycles. The Morgan fingerprint density at radius 1 is 1.17 bits per heavy atom. The first kappa shape index (κ1) is 18.3. The Labute approximate surface area is 147 Å². The van der Waals surface area contributed by atoms with Crippen molar-refractivity contribution in [2.75, 3.05) is 6.61 Å². The molecule has 0 bridgehead atoms. The normalized spacial score (nSPS) is 11.8. The fraction of sp³-hybridized carbons (Fsp3) is 0.235. The van der Waals surface area contributed by atoms with Gasteiger partial charge >= 0.3 is 0 Å². The molecule has 7 heteroatoms. The summed E-state index contributed by atoms with van der Waals surface area (Å²) in [5.41, 5.74) is 0.692. The Hall–Kier alpha value is -2.05. The van der Waals surface area contributed by atoms with Crippen LogP contribution in [-0.2, 0) is 10.0 Å². The van der Waals surface area contributed by atoms with Crippen LogP contribution in [0, 0.1) is 5.92 Å². The molecular formula is C17H19ClN2O3S. The van der Waals surface area contributed by atoms with Crippen molar-refractivity contribution in [3.05, 3.63) is 59.1 Å². The maximum atomic E-state index is 12.1. The van der Waals surface area contributed by atoms with E-state index in [9.17, 15) is 8.42 Å². The van der Waals surface area contributed by atoms with Crippen LogP contribution in [0.2, 0.25) is 5.02 Å². The molecule has 2 rings (SSSR count). The third-order valence-electron chi connectivity index (χ3n) is 2.99. The number of nitrogens with one attached hydrogen (secondary N) is 1. The topological polar surface area (TPSA) is 67.8 Å². The van der Waals surface area contributed by atoms with Crippen LogP contribution in [0.5, 0.6) is 5.75 Å². The first-order valence-electron chi connectivity index (χ1n) is 7.41. The number of hydrogen-bond acceptors (Lipinski definition) is 4. The van der Waals surface area contributed by atoms with Gasteiger partial charge in [0.2, 0.25) is 0 Å². The fourth-order valence-corrected chi connectivity index (χ4v) is 2.72. The molecule has 0 aromatic heterocycles. The number of hydrogen-bond donors (Lipinski definition) is 1. The lowest BCUT2D eigenvalue weighted by Gasteiger charge is -2.10. The summed E-state index contributed by atoms with van der Waals surface area (Å²) in [5, 5.41) is 4.29. The Morgan fingerprint density at radius 2 is 1.83 bits per heavy atom. The summed E-state index contributed by atoms with van der Waals surface area (Å²) >= 11 is 5.76. The summed E-state index contributed by atoms with van der Waals surface area (Å²) < 4.78 is 30.0. The average molecular weight is 367 g/mol. The molecule has 24 heavy (non-hydrogen) atoms. The second kappa shape index (κ2) is 8.17. The predicted molar refractivity (Wildman–Crippen MR) is 96.1 cm³/mol. The zero-order valence-electron chi connectivity index (χ0n) is 13.4. The van der Waals surface area contributed by atoms with Crippen molar-refractivity contribution in [1.82, 2.24) is 4.83 Å². The lowest BCUT2D eigenvalue weighted by atomic mass is 10.2. The quantitative estimate of drug-likeness (QED) is 0.600. The molecule has 0 radical (unpaired) electrons. The van der Waals surface area contributed by atoms with Gasteiger partial charge in [-0.2, -0.15) is 13.5 Å². The number of hydrazone groups is 1. The Kier molecular flexibility index (Phi) is 6.23. The van der Waals surface area contributed by atoms with Crippen molar-refractivity contribution in [1.29, 1.82) is 0 Å². The molecule has 0 aliphatic carbocycles. The molecule has 0 aliphatic rings. The van der Waals surface area contributed by atoms with Gasteiger partial charge in [-0.05, 0) is 42.3 Å². The van der Waals surface area contributed by atoms with Gasteiger partial charge in [0.15, 0.2) is 0 Å². The van der Waals surface area contributed by atoms with Crippen LogP contribution in [0.1, 0.15) is 19.4 Å². The van der Waals surface area contributed by atoms with Gasteiger partial charge in [0.1, 0.15) is 5.75 Å². The predicted octanol–water partition coefficient (Wildman–Crippen LogP) is 3.69. The van der Waals surface area contributed by atoms with Crippen molar-refractivity contribution >= 4 is 27.8 Å². The van der Waals surface area contributed by atoms with E-state index in [4.69, 9.17) is 16.3 Å². The zero-order chi connectivity index (χ0) is 17.6. The molecule has 0 amide bonds. The zero-order valence-corrected chi connectivity index (χ0v) is 15.0. The minimum Gasteiger partial charge on any atom is -0.493 e. The van der Waals surface area contributed by atoms with Gasteiger partial charge in [-0.25, -0.2) is 4.83 Å². The number of nitrogens with zero attached hydrogens (tertiary/aromatic N) is 1. The molecule has 0 aliphatic heterocycles. The SMILES string of the molecule is CC(C)COc1ccccc1/C=N/NS(=O)(=O)c1ccc(Cl)cc1. The standard InChI is InChI=1S/C17H19ClN2O3S/c1-13(2)12-23-17-6-4-3-5-14(17)11-19-20-24(21,22)16-9-7-15(18)8-10-16/h3-11,13,20H,12H2,1-2H3/b19-11+. The third kappa shape index (κ3) is 5.25. The van der Waals surface area contributed by atoms with Crippen LogP contribution in [0.4, 0.5) is 0 Å². The number of benzene rings is 2. The molecule has 2 aromatic carbocycles. The van der Waals surface area contributed by atoms with E-state index in [1.54, 1.807) is 6.07 Å². The van der Waals surface area contributed by atoms with Gasteiger partial charge < -0.3 is 4.74 Å². The van der Waals surface area contributed by atoms with E-state index in [1.165, 1.54) is 30.5 Å². The van der Waals surface area contributed by atoms with E-state index in [-0.39, 0.29) is 4.90 Å². The summed E-state index contributed by atoms with van der Waals surface area (Å²) in [6, 6.07) is 13.2. The molecule has 0 saturated heterocycles. The van der Waals surface area contributed by atoms with E-state index in [2.05, 4.69) is 23.8 Å². The van der Waals surface area contributed by atoms with Crippen LogP contribution in [0.25, 0.3) is 0 Å². The molecule has 128 valence electrons. The molecule has 0 saturated carbocycles. The average Bonchev–Trinajstić information content (AvgIpc) is 2.54. The number of halogens is 1. The molecule has 0 spiro atoms. The van der Waals surface area contributed by atoms with Crippen LogP contribution >= 0.6 is 11.6 Å². The highest BCUT2D eigenvalue weighted by Gasteiger charge is 2.12. The number of ether oxygens (including phenoxy) is 1. The first-order valence-corrected chi connectivity index (χ1v) is 9.27. The molecule has 2 aromatic rings. The Bertz CT molecular complexity index is 803. The van der Waals surface area contributed by atoms with Crippen molar-refractivity contribution in [2.24, 2.45) is 11.0 Å². The van der Waals surface area contributed by atoms with Gasteiger partial charge in [0, 0.05) is 10.6 Å². The maximum Gasteiger partial charge on any atom is 0.276 e. The van der Waals surface area contributed by atoms with Gasteiger partial charge in [-0.3, -0.25) is 0 Å². The Morgan fingerprint density at radius 3 is 2.50 bits per heavy atom. The monoisotopic (exact) mass is 366 g/mol. The van der Waals surface area contributed by atoms with Gasteiger partial charge in [0.05, 0.1) is 17.7 Å². The second-order valence-corrected chi connectivity index (χ2v) is 7.65. The molecule has 0 unspecified atom stereocenters. The molecule has 1 N–H and O–H groups in total. The maximum absolute atomic E-state index is 12.1. The summed E-state index contributed by atoms with van der Waals surface area (Å²) in [4.78, 5) is 2.27. The summed E-state index contributed by atoms with van der Waals surface area (Å²) in [5.74, 6) is 1.04. The number of rotatable bonds is 7. The van der Waals surface area contributed by atoms with Crippen LogP contribution in [0.15, 0.2) is 58.5 Å². The largest absolute Gasteiger partial charge is 0.493 e. The summed E-state index contributed by atoms with van der Waals surface area (Å²) in [7, 11) is -3.73. The van der Waals surface area contributed by atoms with Crippen molar-refractivity contribution in [3.63, 3.8) is 0 Å². The molecular weight excluding hydrogens is 348 g/mol. The fourth-order valence-electron chi connectivity index (χ4n) is 1.81. The number of para-hydroxylation sites is 1. The molecule has 0 fully saturated rings. The van der Waals surface area contributed by atoms with Crippen LogP contribution in [-0.4, -0.2) is 21.2 Å². The minimum absolute atomic E-state index is 0.0911. The number of sulfonamides is 1. The summed E-state index contributed by atoms with van der Waals surface area (Å²) in [6.07, 6.45) is 1.42. The van der Waals surface area contributed by atoms with E-state index in [0.29, 0.717) is 28.9 Å². The smallest absolute Gasteiger partial charge is 0.276 e. The van der Waals surface area contributed by atoms with E-state index in [1.807, 2.05) is 18.2 Å². The highest BCUT2D eigenvalue weighted by atomic mass is 35.5. The molecule has 0 atom stereocenters. The van der Waals surface area contributed by atoms with Gasteiger partial charge in [0.25, 0.3) is 10.0 Å². The Balaban J connectivity index is 2.10. The van der Waals surface area contributed by atoms with Crippen molar-refractivity contribution in [3.8, 4) is 5.75 Å². The van der Waals surface area contributed by atoms with Gasteiger partial charge in [-0.15, -0.1) is 0 Å². The van der Waals surface area contributed by atoms with Crippen molar-refractivity contribution < 1.29 is 13.2 Å². The first-order chi connectivity index (χ1) is 11.4. The highest BCUT2D eigenvalue weighted by Crippen LogP contribution is 2.17. The van der Waals surface area contributed by atoms with E-state index >= 15 is 0 Å². The lowest BCUT2D eigenvalue weighted by Crippen LogP contribution is -2.18. The minimum atomic E-state index is -3.73. The third-order valence-corrected chi connectivity index (χ3v) is 4.48. The van der Waals surface area contributed by atoms with E-state index in [0.717, 1.165) is 0 Å². The molecule has 5 nitrogen and oxygen atoms in total. The summed E-state index contributed by atoms with van der Waals surface area (Å²) in [6.45, 7) is 4.68. The van der Waals surface area contributed by atoms with Crippen molar-refractivity contribution in [2.45, 2.75) is 18.7 Å². The van der Waals surface area contributed by atoms with E-state index < -0.39 is 10.0 Å². The van der Waals surface area contributed by atoms with Gasteiger partial charge in [-0.1, -0.05) is 37.6 Å². The van der Waals surface area contributed by atoms with Crippen LogP contribution < -0.4 is 9.57 Å². The van der Waals surface area contributed by atoms with Crippen LogP contribution in [0.3, 0.4) is 0 Å². The lowest BCUT2D eigenvalue weighted by molar-refractivity contribution is 0.270.